The number of fused-ring (bicyclic) bond motifs is 1. The molecular formula is C23H27FN2O3S. The zero-order valence-corrected chi connectivity index (χ0v) is 18.1. The smallest absolute Gasteiger partial charge is 0.204 e. The molecule has 1 saturated heterocycles. The third-order valence-electron chi connectivity index (χ3n) is 6.62. The van der Waals surface area contributed by atoms with E-state index in [4.69, 9.17) is 0 Å². The molecule has 30 heavy (non-hydrogen) atoms. The van der Waals surface area contributed by atoms with Gasteiger partial charge in [0.1, 0.15) is 5.82 Å². The van der Waals surface area contributed by atoms with E-state index >= 15 is 0 Å². The van der Waals surface area contributed by atoms with E-state index in [2.05, 4.69) is 4.90 Å². The van der Waals surface area contributed by atoms with Crippen LogP contribution in [-0.4, -0.2) is 61.1 Å². The fraction of sp³-hybridized carbons (Fsp3) is 0.391. The molecule has 0 radical (unpaired) electrons. The molecule has 3 atom stereocenters. The van der Waals surface area contributed by atoms with Crippen molar-refractivity contribution in [3.8, 4) is 11.1 Å². The number of rotatable bonds is 4. The van der Waals surface area contributed by atoms with Gasteiger partial charge < -0.3 is 5.11 Å². The summed E-state index contributed by atoms with van der Waals surface area (Å²) in [5, 5.41) is 9.99. The summed E-state index contributed by atoms with van der Waals surface area (Å²) in [4.78, 5) is 2.17. The van der Waals surface area contributed by atoms with E-state index in [0.29, 0.717) is 25.2 Å². The Balaban J connectivity index is 1.63. The van der Waals surface area contributed by atoms with Gasteiger partial charge in [0, 0.05) is 37.6 Å². The van der Waals surface area contributed by atoms with Gasteiger partial charge in [-0.3, -0.25) is 4.90 Å². The number of aliphatic hydroxyl groups excluding tert-OH is 1. The summed E-state index contributed by atoms with van der Waals surface area (Å²) in [6, 6.07) is 11.4. The number of nitrogens with zero attached hydrogens (tertiary/aromatic N) is 2. The van der Waals surface area contributed by atoms with Crippen LogP contribution in [0.25, 0.3) is 11.1 Å². The quantitative estimate of drug-likeness (QED) is 0.578. The zero-order chi connectivity index (χ0) is 21.4. The van der Waals surface area contributed by atoms with Crippen LogP contribution in [-0.2, 0) is 10.9 Å². The Kier molecular flexibility index (Phi) is 6.06. The Morgan fingerprint density at radius 3 is 2.40 bits per heavy atom. The van der Waals surface area contributed by atoms with E-state index in [0.717, 1.165) is 22.3 Å². The molecule has 2 heterocycles. The molecule has 0 bridgehead atoms. The van der Waals surface area contributed by atoms with Crippen LogP contribution in [0.1, 0.15) is 22.6 Å². The predicted molar refractivity (Wildman–Crippen MR) is 116 cm³/mol. The Labute approximate surface area is 178 Å². The van der Waals surface area contributed by atoms with Gasteiger partial charge in [-0.05, 0) is 47.7 Å². The van der Waals surface area contributed by atoms with Crippen molar-refractivity contribution in [1.82, 2.24) is 9.21 Å². The fourth-order valence-electron chi connectivity index (χ4n) is 4.77. The highest BCUT2D eigenvalue weighted by Crippen LogP contribution is 2.42. The van der Waals surface area contributed by atoms with Crippen molar-refractivity contribution in [2.45, 2.75) is 31.8 Å². The minimum Gasteiger partial charge on any atom is -0.395 e. The van der Waals surface area contributed by atoms with E-state index < -0.39 is 10.9 Å². The van der Waals surface area contributed by atoms with Crippen molar-refractivity contribution in [1.29, 1.82) is 0 Å². The minimum absolute atomic E-state index is 0.0243. The minimum atomic E-state index is -2.65. The standard InChI is InChI=1S/C23H27FN2O3S/c1-15-16(2)20(24)10-9-19(15)17-5-7-18(8-6-17)23-21-13-25(30(28)29)11-3-4-12-26(21)22(23)14-27/h3-10,21-23,27,30H,11-14H2,1-2H3/b4-3-/t21-,22?,23?/m0/s1. The molecule has 0 saturated carbocycles. The molecule has 160 valence electrons. The van der Waals surface area contributed by atoms with Gasteiger partial charge in [-0.1, -0.05) is 42.5 Å². The van der Waals surface area contributed by atoms with Gasteiger partial charge in [0.2, 0.25) is 10.9 Å². The highest BCUT2D eigenvalue weighted by molar-refractivity contribution is 7.69. The van der Waals surface area contributed by atoms with Gasteiger partial charge in [0.15, 0.2) is 0 Å². The van der Waals surface area contributed by atoms with Crippen LogP contribution < -0.4 is 0 Å². The largest absolute Gasteiger partial charge is 0.395 e. The van der Waals surface area contributed by atoms with E-state index in [9.17, 15) is 17.9 Å². The van der Waals surface area contributed by atoms with Crippen molar-refractivity contribution in [2.24, 2.45) is 0 Å². The molecule has 1 fully saturated rings. The second-order valence-corrected chi connectivity index (χ2v) is 9.13. The highest BCUT2D eigenvalue weighted by Gasteiger charge is 2.48. The molecule has 2 unspecified atom stereocenters. The first-order valence-corrected chi connectivity index (χ1v) is 11.3. The monoisotopic (exact) mass is 430 g/mol. The number of hydrogen-bond acceptors (Lipinski definition) is 4. The summed E-state index contributed by atoms with van der Waals surface area (Å²) in [5.41, 5.74) is 4.68. The van der Waals surface area contributed by atoms with Gasteiger partial charge in [-0.25, -0.2) is 12.8 Å². The van der Waals surface area contributed by atoms with Crippen LogP contribution in [0.3, 0.4) is 0 Å². The molecule has 5 nitrogen and oxygen atoms in total. The summed E-state index contributed by atoms with van der Waals surface area (Å²) < 4.78 is 38.5. The molecule has 2 aromatic carbocycles. The van der Waals surface area contributed by atoms with Gasteiger partial charge >= 0.3 is 0 Å². The molecule has 0 spiro atoms. The molecule has 2 aromatic rings. The first-order chi connectivity index (χ1) is 14.4. The number of halogens is 1. The van der Waals surface area contributed by atoms with Gasteiger partial charge in [0.05, 0.1) is 6.61 Å². The summed E-state index contributed by atoms with van der Waals surface area (Å²) in [5.74, 6) is -0.142. The Morgan fingerprint density at radius 1 is 1.03 bits per heavy atom. The molecule has 0 aromatic heterocycles. The lowest BCUT2D eigenvalue weighted by molar-refractivity contribution is -0.0412. The molecular weight excluding hydrogens is 403 g/mol. The lowest BCUT2D eigenvalue weighted by Gasteiger charge is -2.56. The maximum absolute atomic E-state index is 13.8. The second kappa shape index (κ2) is 8.59. The van der Waals surface area contributed by atoms with Crippen LogP contribution in [0.5, 0.6) is 0 Å². The third-order valence-corrected chi connectivity index (χ3v) is 7.41. The van der Waals surface area contributed by atoms with Gasteiger partial charge in [-0.2, -0.15) is 4.31 Å². The van der Waals surface area contributed by atoms with Crippen molar-refractivity contribution in [2.75, 3.05) is 26.2 Å². The lowest BCUT2D eigenvalue weighted by atomic mass is 9.74. The molecule has 4 rings (SSSR count). The second-order valence-electron chi connectivity index (χ2n) is 8.09. The molecule has 0 aliphatic carbocycles. The molecule has 1 N–H and O–H groups in total. The Hall–Kier alpha value is -2.06. The predicted octanol–water partition coefficient (Wildman–Crippen LogP) is 2.64. The lowest BCUT2D eigenvalue weighted by Crippen LogP contribution is -2.67. The van der Waals surface area contributed by atoms with Crippen LogP contribution in [0.2, 0.25) is 0 Å². The SMILES string of the molecule is Cc1c(F)ccc(-c2ccc(C3C(CO)N4C/C=C\CN([SH](=O)=O)C[C@@H]34)cc2)c1C. The van der Waals surface area contributed by atoms with Gasteiger partial charge in [-0.15, -0.1) is 0 Å². The highest BCUT2D eigenvalue weighted by atomic mass is 32.2. The van der Waals surface area contributed by atoms with Crippen LogP contribution >= 0.6 is 0 Å². The normalized spacial score (nSPS) is 26.0. The van der Waals surface area contributed by atoms with Crippen molar-refractivity contribution in [3.63, 3.8) is 0 Å². The average molecular weight is 431 g/mol. The Morgan fingerprint density at radius 2 is 1.73 bits per heavy atom. The van der Waals surface area contributed by atoms with Crippen molar-refractivity contribution in [3.05, 3.63) is 71.1 Å². The van der Waals surface area contributed by atoms with E-state index in [1.807, 2.05) is 43.3 Å². The number of aliphatic hydroxyl groups is 1. The topological polar surface area (TPSA) is 60.9 Å². The van der Waals surface area contributed by atoms with Gasteiger partial charge in [0.25, 0.3) is 0 Å². The summed E-state index contributed by atoms with van der Waals surface area (Å²) in [6.07, 6.45) is 3.84. The Bertz CT molecular complexity index is 1030. The first-order valence-electron chi connectivity index (χ1n) is 10.2. The summed E-state index contributed by atoms with van der Waals surface area (Å²) >= 11 is 0. The van der Waals surface area contributed by atoms with E-state index in [-0.39, 0.29) is 30.4 Å². The maximum atomic E-state index is 13.8. The third kappa shape index (κ3) is 3.71. The molecule has 2 aliphatic rings. The molecule has 7 heteroatoms. The number of benzene rings is 2. The first kappa shape index (κ1) is 21.2. The zero-order valence-electron chi connectivity index (χ0n) is 17.2. The van der Waals surface area contributed by atoms with Crippen LogP contribution in [0.4, 0.5) is 4.39 Å². The molecule has 0 amide bonds. The molecule has 2 aliphatic heterocycles. The van der Waals surface area contributed by atoms with Crippen molar-refractivity contribution < 1.29 is 17.9 Å². The van der Waals surface area contributed by atoms with E-state index in [1.54, 1.807) is 13.0 Å². The van der Waals surface area contributed by atoms with Crippen LogP contribution in [0, 0.1) is 19.7 Å². The van der Waals surface area contributed by atoms with Crippen molar-refractivity contribution >= 4 is 10.9 Å². The average Bonchev–Trinajstić information content (AvgIpc) is 2.71. The van der Waals surface area contributed by atoms with E-state index in [1.165, 1.54) is 10.4 Å². The fourth-order valence-corrected chi connectivity index (χ4v) is 5.30. The number of thiol groups is 1. The maximum Gasteiger partial charge on any atom is 0.204 e. The summed E-state index contributed by atoms with van der Waals surface area (Å²) in [7, 11) is -2.65. The summed E-state index contributed by atoms with van der Waals surface area (Å²) in [6.45, 7) is 5.25. The van der Waals surface area contributed by atoms with Crippen LogP contribution in [0.15, 0.2) is 48.6 Å². The number of hydrogen-bond donors (Lipinski definition) is 2.